The molecule has 0 saturated carbocycles. The monoisotopic (exact) mass is 312 g/mol. The summed E-state index contributed by atoms with van der Waals surface area (Å²) in [6.45, 7) is 2.71. The molecule has 1 fully saturated rings. The molecule has 0 unspecified atom stereocenters. The van der Waals surface area contributed by atoms with Crippen molar-refractivity contribution < 1.29 is 4.79 Å². The summed E-state index contributed by atoms with van der Waals surface area (Å²) in [5, 5.41) is 0.503. The standard InChI is InChI=1S/C15H21ClN2OS/c1-17(2)10-11-5-7-18(8-6-11)15(19)13-9-12(20)3-4-14(13)16/h3-4,9,11,20H,5-8,10H2,1-2H3. The van der Waals surface area contributed by atoms with E-state index < -0.39 is 0 Å². The summed E-state index contributed by atoms with van der Waals surface area (Å²) in [4.78, 5) is 17.4. The van der Waals surface area contributed by atoms with Crippen LogP contribution in [0.5, 0.6) is 0 Å². The number of carbonyl (C=O) groups is 1. The Morgan fingerprint density at radius 1 is 1.40 bits per heavy atom. The highest BCUT2D eigenvalue weighted by atomic mass is 35.5. The Morgan fingerprint density at radius 2 is 2.05 bits per heavy atom. The van der Waals surface area contributed by atoms with Crippen molar-refractivity contribution in [2.45, 2.75) is 17.7 Å². The van der Waals surface area contributed by atoms with Gasteiger partial charge in [0.2, 0.25) is 0 Å². The van der Waals surface area contributed by atoms with E-state index in [1.165, 1.54) is 0 Å². The van der Waals surface area contributed by atoms with Gasteiger partial charge in [-0.3, -0.25) is 4.79 Å². The molecule has 0 atom stereocenters. The highest BCUT2D eigenvalue weighted by Gasteiger charge is 2.25. The van der Waals surface area contributed by atoms with Gasteiger partial charge >= 0.3 is 0 Å². The Kier molecular flexibility index (Phi) is 5.35. The van der Waals surface area contributed by atoms with Gasteiger partial charge in [0.1, 0.15) is 0 Å². The van der Waals surface area contributed by atoms with Gasteiger partial charge in [-0.05, 0) is 51.1 Å². The number of halogens is 1. The van der Waals surface area contributed by atoms with E-state index in [-0.39, 0.29) is 5.91 Å². The molecule has 1 amide bonds. The second-order valence-corrected chi connectivity index (χ2v) is 6.59. The van der Waals surface area contributed by atoms with Crippen LogP contribution in [-0.2, 0) is 0 Å². The number of likely N-dealkylation sites (tertiary alicyclic amines) is 1. The maximum absolute atomic E-state index is 12.5. The quantitative estimate of drug-likeness (QED) is 0.867. The molecule has 1 aliphatic heterocycles. The Labute approximate surface area is 131 Å². The van der Waals surface area contributed by atoms with Gasteiger partial charge in [-0.15, -0.1) is 12.6 Å². The van der Waals surface area contributed by atoms with E-state index in [0.29, 0.717) is 16.5 Å². The normalized spacial score (nSPS) is 16.8. The van der Waals surface area contributed by atoms with Crippen LogP contribution in [0.25, 0.3) is 0 Å². The summed E-state index contributed by atoms with van der Waals surface area (Å²) >= 11 is 10.4. The summed E-state index contributed by atoms with van der Waals surface area (Å²) in [5.74, 6) is 0.704. The molecule has 5 heteroatoms. The maximum atomic E-state index is 12.5. The molecule has 1 aromatic rings. The number of thiol groups is 1. The second-order valence-electron chi connectivity index (χ2n) is 5.66. The molecule has 2 rings (SSSR count). The molecular weight excluding hydrogens is 292 g/mol. The minimum atomic E-state index is 0.0224. The van der Waals surface area contributed by atoms with E-state index in [1.54, 1.807) is 18.2 Å². The fourth-order valence-electron chi connectivity index (χ4n) is 2.68. The lowest BCUT2D eigenvalue weighted by atomic mass is 9.96. The van der Waals surface area contributed by atoms with Crippen molar-refractivity contribution in [1.82, 2.24) is 9.80 Å². The van der Waals surface area contributed by atoms with E-state index in [1.807, 2.05) is 4.90 Å². The Bertz CT molecular complexity index is 485. The summed E-state index contributed by atoms with van der Waals surface area (Å²) < 4.78 is 0. The van der Waals surface area contributed by atoms with Gasteiger partial charge in [-0.2, -0.15) is 0 Å². The molecule has 1 heterocycles. The van der Waals surface area contributed by atoms with Crippen LogP contribution in [0.1, 0.15) is 23.2 Å². The zero-order valence-electron chi connectivity index (χ0n) is 12.0. The molecule has 0 N–H and O–H groups in total. The minimum absolute atomic E-state index is 0.0224. The molecule has 110 valence electrons. The number of amides is 1. The Hall–Kier alpha value is -0.710. The van der Waals surface area contributed by atoms with E-state index in [9.17, 15) is 4.79 Å². The molecule has 0 spiro atoms. The predicted molar refractivity (Wildman–Crippen MR) is 85.9 cm³/mol. The third kappa shape index (κ3) is 3.90. The highest BCUT2D eigenvalue weighted by Crippen LogP contribution is 2.24. The average Bonchev–Trinajstić information content (AvgIpc) is 2.41. The van der Waals surface area contributed by atoms with Crippen LogP contribution in [0.4, 0.5) is 0 Å². The number of piperidine rings is 1. The number of benzene rings is 1. The van der Waals surface area contributed by atoms with Gasteiger partial charge in [0.25, 0.3) is 5.91 Å². The first-order chi connectivity index (χ1) is 9.47. The van der Waals surface area contributed by atoms with Crippen LogP contribution in [0.2, 0.25) is 5.02 Å². The average molecular weight is 313 g/mol. The van der Waals surface area contributed by atoms with Gasteiger partial charge < -0.3 is 9.80 Å². The predicted octanol–water partition coefficient (Wildman–Crippen LogP) is 3.04. The molecule has 0 aromatic heterocycles. The summed E-state index contributed by atoms with van der Waals surface area (Å²) in [5.41, 5.74) is 0.560. The zero-order chi connectivity index (χ0) is 14.7. The minimum Gasteiger partial charge on any atom is -0.339 e. The first kappa shape index (κ1) is 15.7. The topological polar surface area (TPSA) is 23.6 Å². The fraction of sp³-hybridized carbons (Fsp3) is 0.533. The van der Waals surface area contributed by atoms with Crippen molar-refractivity contribution in [1.29, 1.82) is 0 Å². The molecule has 0 radical (unpaired) electrons. The number of carbonyl (C=O) groups excluding carboxylic acids is 1. The van der Waals surface area contributed by atoms with Gasteiger partial charge in [0.05, 0.1) is 10.6 Å². The van der Waals surface area contributed by atoms with Gasteiger partial charge in [0, 0.05) is 24.5 Å². The van der Waals surface area contributed by atoms with Gasteiger partial charge in [-0.25, -0.2) is 0 Å². The zero-order valence-corrected chi connectivity index (χ0v) is 13.6. The van der Waals surface area contributed by atoms with Crippen LogP contribution in [-0.4, -0.2) is 49.4 Å². The molecule has 0 aliphatic carbocycles. The largest absolute Gasteiger partial charge is 0.339 e. The fourth-order valence-corrected chi connectivity index (χ4v) is 3.08. The molecular formula is C15H21ClN2OS. The Balaban J connectivity index is 2.00. The lowest BCUT2D eigenvalue weighted by molar-refractivity contribution is 0.0678. The van der Waals surface area contributed by atoms with Crippen LogP contribution in [0, 0.1) is 5.92 Å². The molecule has 1 aromatic carbocycles. The van der Waals surface area contributed by atoms with Crippen LogP contribution in [0.15, 0.2) is 23.1 Å². The van der Waals surface area contributed by atoms with E-state index in [2.05, 4.69) is 31.6 Å². The lowest BCUT2D eigenvalue weighted by Gasteiger charge is -2.33. The molecule has 3 nitrogen and oxygen atoms in total. The molecule has 1 saturated heterocycles. The number of rotatable bonds is 3. The first-order valence-electron chi connectivity index (χ1n) is 6.90. The summed E-state index contributed by atoms with van der Waals surface area (Å²) in [6.07, 6.45) is 2.12. The van der Waals surface area contributed by atoms with Crippen molar-refractivity contribution in [3.8, 4) is 0 Å². The van der Waals surface area contributed by atoms with Gasteiger partial charge in [-0.1, -0.05) is 11.6 Å². The van der Waals surface area contributed by atoms with E-state index in [4.69, 9.17) is 11.6 Å². The van der Waals surface area contributed by atoms with E-state index >= 15 is 0 Å². The second kappa shape index (κ2) is 6.83. The molecule has 1 aliphatic rings. The molecule has 0 bridgehead atoms. The highest BCUT2D eigenvalue weighted by molar-refractivity contribution is 7.80. The van der Waals surface area contributed by atoms with Crippen molar-refractivity contribution in [3.05, 3.63) is 28.8 Å². The Morgan fingerprint density at radius 3 is 2.65 bits per heavy atom. The maximum Gasteiger partial charge on any atom is 0.255 e. The van der Waals surface area contributed by atoms with Crippen LogP contribution >= 0.6 is 24.2 Å². The number of hydrogen-bond donors (Lipinski definition) is 1. The van der Waals surface area contributed by atoms with Crippen molar-refractivity contribution >= 4 is 30.1 Å². The summed E-state index contributed by atoms with van der Waals surface area (Å²) in [7, 11) is 4.19. The lowest BCUT2D eigenvalue weighted by Crippen LogP contribution is -2.40. The van der Waals surface area contributed by atoms with Crippen molar-refractivity contribution in [3.63, 3.8) is 0 Å². The summed E-state index contributed by atoms with van der Waals surface area (Å²) in [6, 6.07) is 5.28. The van der Waals surface area contributed by atoms with E-state index in [0.717, 1.165) is 37.4 Å². The third-order valence-electron chi connectivity index (χ3n) is 3.71. The van der Waals surface area contributed by atoms with Crippen molar-refractivity contribution in [2.75, 3.05) is 33.7 Å². The van der Waals surface area contributed by atoms with Crippen LogP contribution in [0.3, 0.4) is 0 Å². The number of nitrogens with zero attached hydrogens (tertiary/aromatic N) is 2. The first-order valence-corrected chi connectivity index (χ1v) is 7.72. The number of hydrogen-bond acceptors (Lipinski definition) is 3. The molecule has 20 heavy (non-hydrogen) atoms. The van der Waals surface area contributed by atoms with Crippen LogP contribution < -0.4 is 0 Å². The van der Waals surface area contributed by atoms with Gasteiger partial charge in [0.15, 0.2) is 0 Å². The third-order valence-corrected chi connectivity index (χ3v) is 4.31. The van der Waals surface area contributed by atoms with Crippen molar-refractivity contribution in [2.24, 2.45) is 5.92 Å². The smallest absolute Gasteiger partial charge is 0.255 e. The SMILES string of the molecule is CN(C)CC1CCN(C(=O)c2cc(S)ccc2Cl)CC1.